The van der Waals surface area contributed by atoms with Crippen molar-refractivity contribution >= 4 is 22.6 Å². The van der Waals surface area contributed by atoms with Crippen LogP contribution in [-0.4, -0.2) is 36.1 Å². The quantitative estimate of drug-likeness (QED) is 0.427. The van der Waals surface area contributed by atoms with Crippen LogP contribution < -0.4 is 0 Å². The second-order valence-electron chi connectivity index (χ2n) is 6.33. The molecule has 1 heterocycles. The minimum atomic E-state index is -0.257. The molecule has 2 aromatic rings. The Hall–Kier alpha value is -0.990. The van der Waals surface area contributed by atoms with Crippen LogP contribution in [0.2, 0.25) is 0 Å². The standard InChI is InChI=1S/C21H25IO4/c1-23-20-12-18(24-14-16-8-4-2-5-9-16)21(19(13-22)26-20)25-15-17-10-6-3-7-11-17/h2-11,18-21H,12-15H2,1H3/t18-,19-,20?,21-/m1/s1. The van der Waals surface area contributed by atoms with Gasteiger partial charge in [0, 0.05) is 18.0 Å². The summed E-state index contributed by atoms with van der Waals surface area (Å²) in [6.07, 6.45) is 0.154. The van der Waals surface area contributed by atoms with Crippen molar-refractivity contribution in [3.63, 3.8) is 0 Å². The van der Waals surface area contributed by atoms with Crippen LogP contribution in [0, 0.1) is 0 Å². The number of hydrogen-bond acceptors (Lipinski definition) is 4. The fourth-order valence-corrected chi connectivity index (χ4v) is 3.80. The molecule has 26 heavy (non-hydrogen) atoms. The molecule has 1 saturated heterocycles. The molecule has 0 bridgehead atoms. The van der Waals surface area contributed by atoms with Gasteiger partial charge in [-0.2, -0.15) is 0 Å². The van der Waals surface area contributed by atoms with Crippen LogP contribution in [0.1, 0.15) is 17.5 Å². The normalized spacial score (nSPS) is 25.9. The van der Waals surface area contributed by atoms with Crippen LogP contribution in [0.3, 0.4) is 0 Å². The largest absolute Gasteiger partial charge is 0.371 e. The van der Waals surface area contributed by atoms with Crippen molar-refractivity contribution in [3.05, 3.63) is 71.8 Å². The van der Waals surface area contributed by atoms with Crippen LogP contribution in [0.4, 0.5) is 0 Å². The van der Waals surface area contributed by atoms with E-state index in [1.165, 1.54) is 0 Å². The van der Waals surface area contributed by atoms with Crippen molar-refractivity contribution in [2.75, 3.05) is 11.5 Å². The number of ether oxygens (including phenoxy) is 4. The molecular formula is C21H25IO4. The number of rotatable bonds is 8. The molecule has 3 rings (SSSR count). The van der Waals surface area contributed by atoms with Gasteiger partial charge in [0.25, 0.3) is 0 Å². The maximum Gasteiger partial charge on any atom is 0.160 e. The van der Waals surface area contributed by atoms with Gasteiger partial charge in [-0.15, -0.1) is 0 Å². The average Bonchev–Trinajstić information content (AvgIpc) is 2.72. The van der Waals surface area contributed by atoms with Crippen LogP contribution >= 0.6 is 22.6 Å². The first-order valence-electron chi connectivity index (χ1n) is 8.85. The zero-order valence-electron chi connectivity index (χ0n) is 14.9. The lowest BCUT2D eigenvalue weighted by Gasteiger charge is -2.40. The molecule has 1 aliphatic rings. The molecule has 0 spiro atoms. The third kappa shape index (κ3) is 5.50. The van der Waals surface area contributed by atoms with Crippen LogP contribution in [0.5, 0.6) is 0 Å². The second-order valence-corrected chi connectivity index (χ2v) is 7.21. The van der Waals surface area contributed by atoms with E-state index in [2.05, 4.69) is 46.9 Å². The van der Waals surface area contributed by atoms with Crippen molar-refractivity contribution in [2.45, 2.75) is 44.2 Å². The van der Waals surface area contributed by atoms with Gasteiger partial charge in [-0.1, -0.05) is 83.3 Å². The Labute approximate surface area is 168 Å². The summed E-state index contributed by atoms with van der Waals surface area (Å²) in [6, 6.07) is 20.4. The molecule has 140 valence electrons. The number of alkyl halides is 1. The average molecular weight is 468 g/mol. The van der Waals surface area contributed by atoms with E-state index in [9.17, 15) is 0 Å². The summed E-state index contributed by atoms with van der Waals surface area (Å²) in [5.41, 5.74) is 2.30. The van der Waals surface area contributed by atoms with E-state index in [-0.39, 0.29) is 24.6 Å². The highest BCUT2D eigenvalue weighted by Crippen LogP contribution is 2.28. The Morgan fingerprint density at radius 1 is 0.923 bits per heavy atom. The molecule has 1 unspecified atom stereocenters. The number of benzene rings is 2. The molecule has 5 heteroatoms. The molecule has 0 radical (unpaired) electrons. The van der Waals surface area contributed by atoms with E-state index in [0.29, 0.717) is 19.6 Å². The first-order valence-corrected chi connectivity index (χ1v) is 10.4. The Balaban J connectivity index is 1.67. The fraction of sp³-hybridized carbons (Fsp3) is 0.429. The molecule has 1 aliphatic heterocycles. The number of hydrogen-bond donors (Lipinski definition) is 0. The topological polar surface area (TPSA) is 36.9 Å². The molecule has 0 aromatic heterocycles. The number of methoxy groups -OCH3 is 1. The predicted molar refractivity (Wildman–Crippen MR) is 109 cm³/mol. The molecule has 0 aliphatic carbocycles. The predicted octanol–water partition coefficient (Wildman–Crippen LogP) is 4.35. The summed E-state index contributed by atoms with van der Waals surface area (Å²) in [4.78, 5) is 0. The van der Waals surface area contributed by atoms with Crippen LogP contribution in [-0.2, 0) is 32.2 Å². The zero-order chi connectivity index (χ0) is 18.2. The SMILES string of the molecule is COC1C[C@@H](OCc2ccccc2)[C@@H](OCc2ccccc2)[C@@H](CI)O1. The van der Waals surface area contributed by atoms with Gasteiger partial charge in [-0.05, 0) is 11.1 Å². The Bertz CT molecular complexity index is 637. The second kappa shape index (κ2) is 10.4. The van der Waals surface area contributed by atoms with E-state index >= 15 is 0 Å². The third-order valence-electron chi connectivity index (χ3n) is 4.49. The number of halogens is 1. The van der Waals surface area contributed by atoms with E-state index in [4.69, 9.17) is 18.9 Å². The highest BCUT2D eigenvalue weighted by Gasteiger charge is 2.40. The van der Waals surface area contributed by atoms with Crippen LogP contribution in [0.25, 0.3) is 0 Å². The first-order chi connectivity index (χ1) is 12.8. The summed E-state index contributed by atoms with van der Waals surface area (Å²) >= 11 is 2.34. The summed E-state index contributed by atoms with van der Waals surface area (Å²) < 4.78 is 24.8. The van der Waals surface area contributed by atoms with Crippen molar-refractivity contribution in [1.82, 2.24) is 0 Å². The zero-order valence-corrected chi connectivity index (χ0v) is 17.1. The van der Waals surface area contributed by atoms with Gasteiger partial charge in [0.05, 0.1) is 25.4 Å². The third-order valence-corrected chi connectivity index (χ3v) is 5.36. The summed E-state index contributed by atoms with van der Waals surface area (Å²) in [6.45, 7) is 1.10. The van der Waals surface area contributed by atoms with Crippen molar-refractivity contribution in [3.8, 4) is 0 Å². The lowest BCUT2D eigenvalue weighted by atomic mass is 10.0. The van der Waals surface area contributed by atoms with Crippen molar-refractivity contribution < 1.29 is 18.9 Å². The molecule has 2 aromatic carbocycles. The first kappa shape index (κ1) is 19.8. The van der Waals surface area contributed by atoms with Gasteiger partial charge >= 0.3 is 0 Å². The minimum absolute atomic E-state index is 0.0567. The highest BCUT2D eigenvalue weighted by atomic mass is 127. The molecule has 0 amide bonds. The van der Waals surface area contributed by atoms with E-state index in [1.807, 2.05) is 36.4 Å². The molecule has 0 saturated carbocycles. The molecule has 4 nitrogen and oxygen atoms in total. The highest BCUT2D eigenvalue weighted by molar-refractivity contribution is 14.1. The maximum absolute atomic E-state index is 6.26. The van der Waals surface area contributed by atoms with Crippen molar-refractivity contribution in [2.24, 2.45) is 0 Å². The Morgan fingerprint density at radius 2 is 1.50 bits per heavy atom. The summed E-state index contributed by atoms with van der Waals surface area (Å²) in [5, 5.41) is 0. The Kier molecular flexibility index (Phi) is 7.88. The van der Waals surface area contributed by atoms with E-state index in [0.717, 1.165) is 15.6 Å². The summed E-state index contributed by atoms with van der Waals surface area (Å²) in [5.74, 6) is 0. The molecule has 1 fully saturated rings. The van der Waals surface area contributed by atoms with Gasteiger partial charge in [-0.25, -0.2) is 0 Å². The van der Waals surface area contributed by atoms with Gasteiger partial charge in [0.2, 0.25) is 0 Å². The maximum atomic E-state index is 6.26. The van der Waals surface area contributed by atoms with Gasteiger partial charge in [0.1, 0.15) is 6.10 Å². The van der Waals surface area contributed by atoms with Crippen molar-refractivity contribution in [1.29, 1.82) is 0 Å². The van der Waals surface area contributed by atoms with E-state index in [1.54, 1.807) is 7.11 Å². The summed E-state index contributed by atoms with van der Waals surface area (Å²) in [7, 11) is 1.67. The molecule has 0 N–H and O–H groups in total. The minimum Gasteiger partial charge on any atom is -0.371 e. The molecule has 4 atom stereocenters. The lowest BCUT2D eigenvalue weighted by molar-refractivity contribution is -0.257. The smallest absolute Gasteiger partial charge is 0.160 e. The molecular weight excluding hydrogens is 443 g/mol. The lowest BCUT2D eigenvalue weighted by Crippen LogP contribution is -2.51. The Morgan fingerprint density at radius 3 is 2.04 bits per heavy atom. The van der Waals surface area contributed by atoms with Gasteiger partial charge < -0.3 is 18.9 Å². The fourth-order valence-electron chi connectivity index (χ4n) is 3.09. The van der Waals surface area contributed by atoms with Gasteiger partial charge in [-0.3, -0.25) is 0 Å². The van der Waals surface area contributed by atoms with E-state index < -0.39 is 0 Å². The monoisotopic (exact) mass is 468 g/mol. The van der Waals surface area contributed by atoms with Crippen LogP contribution in [0.15, 0.2) is 60.7 Å². The van der Waals surface area contributed by atoms with Gasteiger partial charge in [0.15, 0.2) is 6.29 Å².